The predicted molar refractivity (Wildman–Crippen MR) is 137 cm³/mol. The molecule has 1 aliphatic heterocycles. The molecule has 5 rings (SSSR count). The zero-order chi connectivity index (χ0) is 23.2. The molecule has 0 radical (unpaired) electrons. The third-order valence-electron chi connectivity index (χ3n) is 7.46. The van der Waals surface area contributed by atoms with E-state index in [-0.39, 0.29) is 12.2 Å². The van der Waals surface area contributed by atoms with E-state index in [9.17, 15) is 5.11 Å². The summed E-state index contributed by atoms with van der Waals surface area (Å²) in [5.74, 6) is 0.335. The van der Waals surface area contributed by atoms with E-state index in [0.717, 1.165) is 57.7 Å². The van der Waals surface area contributed by atoms with E-state index >= 15 is 0 Å². The maximum Gasteiger partial charge on any atom is 0.108 e. The molecule has 2 aliphatic rings. The molecule has 4 heteroatoms. The molecule has 1 saturated heterocycles. The number of ether oxygens (including phenoxy) is 1. The quantitative estimate of drug-likeness (QED) is 0.533. The summed E-state index contributed by atoms with van der Waals surface area (Å²) >= 11 is 0. The van der Waals surface area contributed by atoms with Crippen molar-refractivity contribution in [3.8, 4) is 0 Å². The second-order valence-corrected chi connectivity index (χ2v) is 9.66. The number of nitrogens with zero attached hydrogens (tertiary/aromatic N) is 2. The molecule has 4 nitrogen and oxygen atoms in total. The molecule has 0 aromatic heterocycles. The first-order chi connectivity index (χ1) is 16.8. The summed E-state index contributed by atoms with van der Waals surface area (Å²) in [7, 11) is 0. The molecular weight excluding hydrogens is 420 g/mol. The monoisotopic (exact) mass is 456 g/mol. The van der Waals surface area contributed by atoms with Crippen LogP contribution < -0.4 is 0 Å². The number of rotatable bonds is 8. The Kier molecular flexibility index (Phi) is 7.72. The smallest absolute Gasteiger partial charge is 0.108 e. The normalized spacial score (nSPS) is 21.5. The van der Waals surface area contributed by atoms with E-state index in [4.69, 9.17) is 4.74 Å². The first-order valence-electron chi connectivity index (χ1n) is 12.7. The highest BCUT2D eigenvalue weighted by Gasteiger charge is 2.30. The second kappa shape index (κ2) is 11.3. The summed E-state index contributed by atoms with van der Waals surface area (Å²) in [6.07, 6.45) is 1.80. The SMILES string of the molecule is O[C@H]1c2ccccc2CC[C@H]1CN1CCN(CCOC(c2ccccc2)c2ccccc2)CC1. The fourth-order valence-electron chi connectivity index (χ4n) is 5.46. The van der Waals surface area contributed by atoms with Crippen molar-refractivity contribution in [1.29, 1.82) is 0 Å². The van der Waals surface area contributed by atoms with Crippen LogP contribution in [0.25, 0.3) is 0 Å². The summed E-state index contributed by atoms with van der Waals surface area (Å²) < 4.78 is 6.42. The average molecular weight is 457 g/mol. The number of aliphatic hydroxyl groups excluding tert-OH is 1. The molecule has 0 amide bonds. The van der Waals surface area contributed by atoms with Crippen LogP contribution in [0.1, 0.15) is 40.9 Å². The summed E-state index contributed by atoms with van der Waals surface area (Å²) in [4.78, 5) is 5.05. The maximum atomic E-state index is 10.9. The minimum Gasteiger partial charge on any atom is -0.388 e. The molecule has 2 atom stereocenters. The number of aliphatic hydroxyl groups is 1. The van der Waals surface area contributed by atoms with Crippen molar-refractivity contribution in [2.75, 3.05) is 45.9 Å². The molecule has 0 unspecified atom stereocenters. The molecule has 3 aromatic rings. The van der Waals surface area contributed by atoms with Crippen LogP contribution in [0.4, 0.5) is 0 Å². The minimum atomic E-state index is -0.329. The minimum absolute atomic E-state index is 0.0284. The Bertz CT molecular complexity index is 979. The van der Waals surface area contributed by atoms with E-state index in [1.807, 2.05) is 6.07 Å². The van der Waals surface area contributed by atoms with Crippen LogP contribution >= 0.6 is 0 Å². The van der Waals surface area contributed by atoms with Crippen molar-refractivity contribution in [1.82, 2.24) is 9.80 Å². The lowest BCUT2D eigenvalue weighted by Crippen LogP contribution is -2.49. The fraction of sp³-hybridized carbons (Fsp3) is 0.400. The molecule has 0 spiro atoms. The van der Waals surface area contributed by atoms with Gasteiger partial charge < -0.3 is 14.7 Å². The van der Waals surface area contributed by atoms with Gasteiger partial charge in [-0.15, -0.1) is 0 Å². The lowest BCUT2D eigenvalue weighted by molar-refractivity contribution is 0.0286. The Hall–Kier alpha value is -2.50. The Labute approximate surface area is 203 Å². The summed E-state index contributed by atoms with van der Waals surface area (Å²) in [6.45, 7) is 6.89. The zero-order valence-electron chi connectivity index (χ0n) is 19.9. The Balaban J connectivity index is 1.09. The van der Waals surface area contributed by atoms with Crippen LogP contribution in [-0.4, -0.2) is 60.8 Å². The van der Waals surface area contributed by atoms with Gasteiger partial charge in [-0.05, 0) is 35.1 Å². The van der Waals surface area contributed by atoms with E-state index in [0.29, 0.717) is 12.5 Å². The van der Waals surface area contributed by atoms with Gasteiger partial charge in [0.1, 0.15) is 6.10 Å². The molecule has 1 fully saturated rings. The Morgan fingerprint density at radius 3 is 2.03 bits per heavy atom. The number of piperazine rings is 1. The van der Waals surface area contributed by atoms with Gasteiger partial charge in [-0.1, -0.05) is 84.9 Å². The molecule has 0 bridgehead atoms. The molecule has 3 aromatic carbocycles. The maximum absolute atomic E-state index is 10.9. The number of benzene rings is 3. The van der Waals surface area contributed by atoms with Crippen molar-refractivity contribution in [2.24, 2.45) is 5.92 Å². The highest BCUT2D eigenvalue weighted by atomic mass is 16.5. The van der Waals surface area contributed by atoms with Crippen molar-refractivity contribution < 1.29 is 9.84 Å². The summed E-state index contributed by atoms with van der Waals surface area (Å²) in [5.41, 5.74) is 4.86. The van der Waals surface area contributed by atoms with Gasteiger partial charge in [0.2, 0.25) is 0 Å². The van der Waals surface area contributed by atoms with Gasteiger partial charge >= 0.3 is 0 Å². The molecule has 34 heavy (non-hydrogen) atoms. The number of hydrogen-bond acceptors (Lipinski definition) is 4. The third kappa shape index (κ3) is 5.59. The van der Waals surface area contributed by atoms with Crippen LogP contribution in [0, 0.1) is 5.92 Å². The standard InChI is InChI=1S/C30H36N2O2/c33-29-27(16-15-24-9-7-8-14-28(24)29)23-32-19-17-31(18-20-32)21-22-34-30(25-10-3-1-4-11-25)26-12-5-2-6-13-26/h1-14,27,29-30,33H,15-23H2/t27-,29+/m0/s1. The van der Waals surface area contributed by atoms with E-state index in [1.165, 1.54) is 16.7 Å². The van der Waals surface area contributed by atoms with Gasteiger partial charge in [0.05, 0.1) is 12.7 Å². The highest BCUT2D eigenvalue weighted by Crippen LogP contribution is 2.35. The van der Waals surface area contributed by atoms with E-state index < -0.39 is 0 Å². The van der Waals surface area contributed by atoms with E-state index in [2.05, 4.69) is 88.7 Å². The highest BCUT2D eigenvalue weighted by molar-refractivity contribution is 5.32. The molecule has 1 N–H and O–H groups in total. The number of hydrogen-bond donors (Lipinski definition) is 1. The number of aryl methyl sites for hydroxylation is 1. The predicted octanol–water partition coefficient (Wildman–Crippen LogP) is 4.71. The van der Waals surface area contributed by atoms with Crippen molar-refractivity contribution in [3.63, 3.8) is 0 Å². The van der Waals surface area contributed by atoms with Gasteiger partial charge in [0, 0.05) is 45.2 Å². The van der Waals surface area contributed by atoms with Crippen LogP contribution in [0.2, 0.25) is 0 Å². The Morgan fingerprint density at radius 1 is 0.765 bits per heavy atom. The first kappa shape index (κ1) is 23.3. The molecule has 0 saturated carbocycles. The van der Waals surface area contributed by atoms with Crippen molar-refractivity contribution in [2.45, 2.75) is 25.0 Å². The summed E-state index contributed by atoms with van der Waals surface area (Å²) in [5, 5.41) is 10.9. The molecular formula is C30H36N2O2. The lowest BCUT2D eigenvalue weighted by atomic mass is 9.81. The van der Waals surface area contributed by atoms with Gasteiger partial charge in [0.25, 0.3) is 0 Å². The van der Waals surface area contributed by atoms with Crippen molar-refractivity contribution >= 4 is 0 Å². The Morgan fingerprint density at radius 2 is 1.35 bits per heavy atom. The van der Waals surface area contributed by atoms with E-state index in [1.54, 1.807) is 0 Å². The zero-order valence-corrected chi connectivity index (χ0v) is 19.9. The largest absolute Gasteiger partial charge is 0.388 e. The third-order valence-corrected chi connectivity index (χ3v) is 7.46. The van der Waals surface area contributed by atoms with Gasteiger partial charge in [-0.3, -0.25) is 4.90 Å². The van der Waals surface area contributed by atoms with Crippen LogP contribution in [-0.2, 0) is 11.2 Å². The number of fused-ring (bicyclic) bond motifs is 1. The summed E-state index contributed by atoms with van der Waals surface area (Å²) in [6, 6.07) is 29.4. The van der Waals surface area contributed by atoms with Crippen molar-refractivity contribution in [3.05, 3.63) is 107 Å². The first-order valence-corrected chi connectivity index (χ1v) is 12.7. The molecule has 178 valence electrons. The molecule has 1 aliphatic carbocycles. The van der Waals surface area contributed by atoms with Crippen LogP contribution in [0.3, 0.4) is 0 Å². The van der Waals surface area contributed by atoms with Gasteiger partial charge in [0.15, 0.2) is 0 Å². The van der Waals surface area contributed by atoms with Crippen LogP contribution in [0.5, 0.6) is 0 Å². The molecule has 1 heterocycles. The van der Waals surface area contributed by atoms with Gasteiger partial charge in [-0.25, -0.2) is 0 Å². The lowest BCUT2D eigenvalue weighted by Gasteiger charge is -2.39. The van der Waals surface area contributed by atoms with Crippen LogP contribution in [0.15, 0.2) is 84.9 Å². The second-order valence-electron chi connectivity index (χ2n) is 9.66. The average Bonchev–Trinajstić information content (AvgIpc) is 2.90. The van der Waals surface area contributed by atoms with Gasteiger partial charge in [-0.2, -0.15) is 0 Å². The topological polar surface area (TPSA) is 35.9 Å². The fourth-order valence-corrected chi connectivity index (χ4v) is 5.46.